The number of nitrogens with one attached hydrogen (secondary N) is 3. The van der Waals surface area contributed by atoms with Gasteiger partial charge in [-0.2, -0.15) is 0 Å². The number of hydrogen-bond donors (Lipinski definition) is 3. The summed E-state index contributed by atoms with van der Waals surface area (Å²) in [6, 6.07) is 15.3. The van der Waals surface area contributed by atoms with Crippen LogP contribution in [0.5, 0.6) is 11.5 Å². The number of unbranched alkanes of at least 4 members (excludes halogenated alkanes) is 3. The number of carbonyl (C=O) groups excluding carboxylic acids is 2. The lowest BCUT2D eigenvalue weighted by Crippen LogP contribution is -2.28. The Morgan fingerprint density at radius 3 is 2.44 bits per heavy atom. The Labute approximate surface area is 237 Å². The maximum atomic E-state index is 13.5. The maximum absolute atomic E-state index is 13.5. The van der Waals surface area contributed by atoms with Gasteiger partial charge in [-0.3, -0.25) is 9.59 Å². The van der Waals surface area contributed by atoms with Crippen molar-refractivity contribution < 1.29 is 27.8 Å². The van der Waals surface area contributed by atoms with Gasteiger partial charge in [0.05, 0.1) is 11.1 Å². The standard InChI is InChI=1S/C31H34F2N4O4/c1-20-10-13-26(37-29(39)30(14-15-30)23-11-12-24-25(19-23)41-31(32,33)40-24)36-27(20)21-8-7-9-22(18-21)28(38)35-17-6-4-3-5-16-34-2/h7-13,18-19,34H,3-6,14-17H2,1-2H3,(H,35,38)(H,36,37,39). The first kappa shape index (κ1) is 28.5. The number of aromatic nitrogens is 1. The molecule has 8 nitrogen and oxygen atoms in total. The molecule has 10 heteroatoms. The highest BCUT2D eigenvalue weighted by molar-refractivity contribution is 6.01. The summed E-state index contributed by atoms with van der Waals surface area (Å²) >= 11 is 0. The van der Waals surface area contributed by atoms with Gasteiger partial charge in [0.25, 0.3) is 5.91 Å². The first-order valence-corrected chi connectivity index (χ1v) is 13.9. The van der Waals surface area contributed by atoms with Crippen LogP contribution in [-0.2, 0) is 10.2 Å². The van der Waals surface area contributed by atoms with Crippen LogP contribution in [0.15, 0.2) is 54.6 Å². The van der Waals surface area contributed by atoms with Crippen molar-refractivity contribution in [2.24, 2.45) is 0 Å². The lowest BCUT2D eigenvalue weighted by atomic mass is 9.94. The lowest BCUT2D eigenvalue weighted by Gasteiger charge is -2.17. The van der Waals surface area contributed by atoms with Crippen LogP contribution in [0.25, 0.3) is 11.3 Å². The summed E-state index contributed by atoms with van der Waals surface area (Å²) in [7, 11) is 1.94. The quantitative estimate of drug-likeness (QED) is 0.249. The van der Waals surface area contributed by atoms with Crippen molar-refractivity contribution in [3.8, 4) is 22.8 Å². The molecule has 1 saturated carbocycles. The first-order valence-electron chi connectivity index (χ1n) is 13.9. The van der Waals surface area contributed by atoms with E-state index in [1.807, 2.05) is 32.2 Å². The van der Waals surface area contributed by atoms with Crippen LogP contribution in [0, 0.1) is 6.92 Å². The van der Waals surface area contributed by atoms with Crippen molar-refractivity contribution in [2.45, 2.75) is 57.2 Å². The number of halogens is 2. The molecule has 2 heterocycles. The van der Waals surface area contributed by atoms with Gasteiger partial charge >= 0.3 is 6.29 Å². The number of benzene rings is 2. The molecule has 2 amide bonds. The predicted molar refractivity (Wildman–Crippen MR) is 151 cm³/mol. The molecule has 0 spiro atoms. The van der Waals surface area contributed by atoms with Gasteiger partial charge in [0.15, 0.2) is 11.5 Å². The first-order chi connectivity index (χ1) is 19.7. The molecule has 1 aromatic heterocycles. The second-order valence-electron chi connectivity index (χ2n) is 10.6. The molecule has 2 aliphatic rings. The molecule has 5 rings (SSSR count). The number of alkyl halides is 2. The summed E-state index contributed by atoms with van der Waals surface area (Å²) in [6.07, 6.45) is 1.67. The van der Waals surface area contributed by atoms with E-state index in [9.17, 15) is 18.4 Å². The van der Waals surface area contributed by atoms with Crippen LogP contribution in [0.3, 0.4) is 0 Å². The van der Waals surface area contributed by atoms with E-state index in [0.717, 1.165) is 43.4 Å². The zero-order valence-electron chi connectivity index (χ0n) is 23.2. The van der Waals surface area contributed by atoms with Gasteiger partial charge in [-0.1, -0.05) is 37.1 Å². The summed E-state index contributed by atoms with van der Waals surface area (Å²) in [5, 5.41) is 9.03. The molecule has 0 saturated heterocycles. The van der Waals surface area contributed by atoms with Crippen molar-refractivity contribution in [3.63, 3.8) is 0 Å². The molecule has 1 aliphatic carbocycles. The minimum atomic E-state index is -3.72. The van der Waals surface area contributed by atoms with Gasteiger partial charge in [0, 0.05) is 17.7 Å². The predicted octanol–water partition coefficient (Wildman–Crippen LogP) is 5.56. The molecular weight excluding hydrogens is 530 g/mol. The van der Waals surface area contributed by atoms with Crippen LogP contribution < -0.4 is 25.4 Å². The van der Waals surface area contributed by atoms with Gasteiger partial charge < -0.3 is 25.4 Å². The minimum Gasteiger partial charge on any atom is -0.395 e. The summed E-state index contributed by atoms with van der Waals surface area (Å²) in [4.78, 5) is 30.8. The third-order valence-electron chi connectivity index (χ3n) is 7.51. The molecular formula is C31H34F2N4O4. The van der Waals surface area contributed by atoms with Gasteiger partial charge in [0.2, 0.25) is 5.91 Å². The van der Waals surface area contributed by atoms with E-state index in [1.54, 1.807) is 24.3 Å². The largest absolute Gasteiger partial charge is 0.586 e. The summed E-state index contributed by atoms with van der Waals surface area (Å²) < 4.78 is 36.0. The fraction of sp³-hybridized carbons (Fsp3) is 0.387. The number of hydrogen-bond acceptors (Lipinski definition) is 6. The number of aryl methyl sites for hydroxylation is 1. The van der Waals surface area contributed by atoms with E-state index in [4.69, 9.17) is 4.98 Å². The Hall–Kier alpha value is -4.05. The molecule has 1 fully saturated rings. The SMILES string of the molecule is CNCCCCCCNC(=O)c1cccc(-c2nc(NC(=O)C3(c4ccc5c(c4)OC(F)(F)O5)CC3)ccc2C)c1. The van der Waals surface area contributed by atoms with E-state index in [-0.39, 0.29) is 23.3 Å². The highest BCUT2D eigenvalue weighted by Gasteiger charge is 2.53. The molecule has 0 radical (unpaired) electrons. The smallest absolute Gasteiger partial charge is 0.395 e. The number of ether oxygens (including phenoxy) is 2. The van der Waals surface area contributed by atoms with E-state index >= 15 is 0 Å². The average molecular weight is 565 g/mol. The molecule has 0 atom stereocenters. The zero-order chi connectivity index (χ0) is 29.0. The van der Waals surface area contributed by atoms with E-state index < -0.39 is 11.7 Å². The van der Waals surface area contributed by atoms with Gasteiger partial charge in [0.1, 0.15) is 5.82 Å². The number of nitrogens with zero attached hydrogens (tertiary/aromatic N) is 1. The number of fused-ring (bicyclic) bond motifs is 1. The molecule has 41 heavy (non-hydrogen) atoms. The van der Waals surface area contributed by atoms with Crippen molar-refractivity contribution in [1.29, 1.82) is 0 Å². The third kappa shape index (κ3) is 6.48. The Kier molecular flexibility index (Phi) is 8.21. The highest BCUT2D eigenvalue weighted by Crippen LogP contribution is 2.52. The van der Waals surface area contributed by atoms with Crippen LogP contribution in [0.4, 0.5) is 14.6 Å². The second-order valence-corrected chi connectivity index (χ2v) is 10.6. The van der Waals surface area contributed by atoms with Crippen LogP contribution >= 0.6 is 0 Å². The highest BCUT2D eigenvalue weighted by atomic mass is 19.3. The molecule has 3 N–H and O–H groups in total. The van der Waals surface area contributed by atoms with Crippen molar-refractivity contribution in [3.05, 3.63) is 71.3 Å². The zero-order valence-corrected chi connectivity index (χ0v) is 23.2. The topological polar surface area (TPSA) is 102 Å². The monoisotopic (exact) mass is 564 g/mol. The number of carbonyl (C=O) groups is 2. The van der Waals surface area contributed by atoms with E-state index in [0.29, 0.717) is 42.0 Å². The van der Waals surface area contributed by atoms with Crippen LogP contribution in [0.1, 0.15) is 60.0 Å². The van der Waals surface area contributed by atoms with Crippen molar-refractivity contribution in [1.82, 2.24) is 15.6 Å². The van der Waals surface area contributed by atoms with Gasteiger partial charge in [-0.15, -0.1) is 8.78 Å². The lowest BCUT2D eigenvalue weighted by molar-refractivity contribution is -0.286. The third-order valence-corrected chi connectivity index (χ3v) is 7.51. The maximum Gasteiger partial charge on any atom is 0.586 e. The number of pyridine rings is 1. The fourth-order valence-corrected chi connectivity index (χ4v) is 5.04. The van der Waals surface area contributed by atoms with Crippen LogP contribution in [0.2, 0.25) is 0 Å². The fourth-order valence-electron chi connectivity index (χ4n) is 5.04. The number of amides is 2. The molecule has 1 aliphatic heterocycles. The van der Waals surface area contributed by atoms with Crippen molar-refractivity contribution >= 4 is 17.6 Å². The molecule has 216 valence electrons. The summed E-state index contributed by atoms with van der Waals surface area (Å²) in [5.74, 6) is -0.195. The van der Waals surface area contributed by atoms with Crippen molar-refractivity contribution in [2.75, 3.05) is 25.5 Å². The van der Waals surface area contributed by atoms with E-state index in [1.165, 1.54) is 12.1 Å². The molecule has 0 unspecified atom stereocenters. The van der Waals surface area contributed by atoms with Gasteiger partial charge in [-0.25, -0.2) is 4.98 Å². The summed E-state index contributed by atoms with van der Waals surface area (Å²) in [5.41, 5.74) is 2.57. The Bertz CT molecular complexity index is 1440. The minimum absolute atomic E-state index is 0.0594. The Morgan fingerprint density at radius 1 is 0.927 bits per heavy atom. The Balaban J connectivity index is 1.25. The van der Waals surface area contributed by atoms with Gasteiger partial charge in [-0.05, 0) is 87.7 Å². The normalized spacial score (nSPS) is 15.8. The molecule has 3 aromatic rings. The number of anilines is 1. The van der Waals surface area contributed by atoms with Crippen LogP contribution in [-0.4, -0.2) is 43.2 Å². The van der Waals surface area contributed by atoms with E-state index in [2.05, 4.69) is 25.4 Å². The summed E-state index contributed by atoms with van der Waals surface area (Å²) in [6.45, 7) is 3.54. The number of rotatable bonds is 12. The second kappa shape index (κ2) is 11.8. The molecule has 2 aromatic carbocycles. The average Bonchev–Trinajstić information content (AvgIpc) is 3.70. The molecule has 0 bridgehead atoms. The Morgan fingerprint density at radius 2 is 1.68 bits per heavy atom.